The van der Waals surface area contributed by atoms with E-state index in [0.717, 1.165) is 31.6 Å². The van der Waals surface area contributed by atoms with Gasteiger partial charge >= 0.3 is 0 Å². The van der Waals surface area contributed by atoms with Crippen molar-refractivity contribution in [3.63, 3.8) is 0 Å². The second-order valence-electron chi connectivity index (χ2n) is 5.41. The van der Waals surface area contributed by atoms with E-state index >= 15 is 0 Å². The molecule has 0 aromatic heterocycles. The van der Waals surface area contributed by atoms with Gasteiger partial charge in [0.25, 0.3) is 0 Å². The maximum absolute atomic E-state index is 5.81. The molecule has 3 nitrogen and oxygen atoms in total. The minimum absolute atomic E-state index is 0.344. The molecule has 4 heteroatoms. The van der Waals surface area contributed by atoms with E-state index in [1.807, 2.05) is 0 Å². The fourth-order valence-electron chi connectivity index (χ4n) is 1.99. The molecule has 0 saturated carbocycles. The second-order valence-corrected chi connectivity index (χ2v) is 6.06. The minimum Gasteiger partial charge on any atom is -0.374 e. The highest BCUT2D eigenvalue weighted by Gasteiger charge is 2.22. The standard InChI is InChI=1S/C13H27BrN2O/c1-10(2)16-5-6-17-13(9-16)8-15-12(4)11(3)7-14/h10-13,15H,5-9H2,1-4H3. The maximum atomic E-state index is 5.81. The third-order valence-corrected chi connectivity index (χ3v) is 4.69. The van der Waals surface area contributed by atoms with Gasteiger partial charge in [0, 0.05) is 37.0 Å². The first-order chi connectivity index (χ1) is 8.04. The molecule has 102 valence electrons. The number of nitrogens with zero attached hydrogens (tertiary/aromatic N) is 1. The Balaban J connectivity index is 2.27. The zero-order valence-electron chi connectivity index (χ0n) is 11.6. The molecule has 0 radical (unpaired) electrons. The third kappa shape index (κ3) is 5.25. The van der Waals surface area contributed by atoms with Crippen molar-refractivity contribution in [2.45, 2.75) is 45.9 Å². The normalized spacial score (nSPS) is 26.1. The predicted molar refractivity (Wildman–Crippen MR) is 76.9 cm³/mol. The molecule has 1 heterocycles. The zero-order chi connectivity index (χ0) is 12.8. The lowest BCUT2D eigenvalue weighted by Gasteiger charge is -2.36. The largest absolute Gasteiger partial charge is 0.374 e. The van der Waals surface area contributed by atoms with E-state index in [9.17, 15) is 0 Å². The van der Waals surface area contributed by atoms with Crippen molar-refractivity contribution >= 4 is 15.9 Å². The molecule has 3 unspecified atom stereocenters. The Labute approximate surface area is 114 Å². The van der Waals surface area contributed by atoms with Crippen molar-refractivity contribution in [3.8, 4) is 0 Å². The van der Waals surface area contributed by atoms with E-state index in [1.165, 1.54) is 0 Å². The van der Waals surface area contributed by atoms with Crippen LogP contribution in [0.1, 0.15) is 27.7 Å². The summed E-state index contributed by atoms with van der Waals surface area (Å²) in [7, 11) is 0. The Morgan fingerprint density at radius 1 is 1.35 bits per heavy atom. The summed E-state index contributed by atoms with van der Waals surface area (Å²) >= 11 is 3.53. The van der Waals surface area contributed by atoms with Crippen LogP contribution in [-0.2, 0) is 4.74 Å². The number of ether oxygens (including phenoxy) is 1. The van der Waals surface area contributed by atoms with Crippen LogP contribution >= 0.6 is 15.9 Å². The molecule has 1 saturated heterocycles. The van der Waals surface area contributed by atoms with Gasteiger partial charge in [-0.05, 0) is 26.7 Å². The average Bonchev–Trinajstić information content (AvgIpc) is 2.35. The highest BCUT2D eigenvalue weighted by atomic mass is 79.9. The molecule has 17 heavy (non-hydrogen) atoms. The summed E-state index contributed by atoms with van der Waals surface area (Å²) in [6, 6.07) is 1.16. The van der Waals surface area contributed by atoms with E-state index in [1.54, 1.807) is 0 Å². The molecule has 0 aliphatic carbocycles. The Hall–Kier alpha value is 0.360. The molecule has 1 N–H and O–H groups in total. The molecule has 1 rings (SSSR count). The predicted octanol–water partition coefficient (Wildman–Crippen LogP) is 2.10. The van der Waals surface area contributed by atoms with Gasteiger partial charge in [-0.2, -0.15) is 0 Å². The Morgan fingerprint density at radius 3 is 2.65 bits per heavy atom. The fraction of sp³-hybridized carbons (Fsp3) is 1.00. The van der Waals surface area contributed by atoms with Gasteiger partial charge in [0.05, 0.1) is 12.7 Å². The van der Waals surface area contributed by atoms with Gasteiger partial charge in [0.1, 0.15) is 0 Å². The van der Waals surface area contributed by atoms with E-state index in [-0.39, 0.29) is 0 Å². The van der Waals surface area contributed by atoms with Gasteiger partial charge in [0.15, 0.2) is 0 Å². The number of rotatable bonds is 6. The first-order valence-electron chi connectivity index (χ1n) is 6.69. The van der Waals surface area contributed by atoms with Gasteiger partial charge in [-0.15, -0.1) is 0 Å². The fourth-order valence-corrected chi connectivity index (χ4v) is 2.55. The summed E-state index contributed by atoms with van der Waals surface area (Å²) in [4.78, 5) is 2.49. The van der Waals surface area contributed by atoms with Crippen molar-refractivity contribution in [1.29, 1.82) is 0 Å². The summed E-state index contributed by atoms with van der Waals surface area (Å²) < 4.78 is 5.81. The highest BCUT2D eigenvalue weighted by molar-refractivity contribution is 9.09. The Morgan fingerprint density at radius 2 is 2.06 bits per heavy atom. The van der Waals surface area contributed by atoms with Gasteiger partial charge in [-0.25, -0.2) is 0 Å². The van der Waals surface area contributed by atoms with Crippen molar-refractivity contribution < 1.29 is 4.74 Å². The molecule has 1 aliphatic rings. The number of alkyl halides is 1. The third-order valence-electron chi connectivity index (χ3n) is 3.66. The van der Waals surface area contributed by atoms with Crippen LogP contribution in [0.2, 0.25) is 0 Å². The summed E-state index contributed by atoms with van der Waals surface area (Å²) in [5.41, 5.74) is 0. The van der Waals surface area contributed by atoms with Gasteiger partial charge in [-0.1, -0.05) is 22.9 Å². The van der Waals surface area contributed by atoms with Crippen molar-refractivity contribution in [2.75, 3.05) is 31.6 Å². The summed E-state index contributed by atoms with van der Waals surface area (Å²) in [5, 5.41) is 4.63. The SMILES string of the molecule is CC(CBr)C(C)NCC1CN(C(C)C)CCO1. The van der Waals surface area contributed by atoms with Crippen molar-refractivity contribution in [1.82, 2.24) is 10.2 Å². The van der Waals surface area contributed by atoms with Crippen LogP contribution < -0.4 is 5.32 Å². The number of nitrogens with one attached hydrogen (secondary N) is 1. The van der Waals surface area contributed by atoms with E-state index < -0.39 is 0 Å². The monoisotopic (exact) mass is 306 g/mol. The first-order valence-corrected chi connectivity index (χ1v) is 7.81. The Kier molecular flexibility index (Phi) is 7.00. The molecule has 0 aromatic carbocycles. The van der Waals surface area contributed by atoms with Crippen LogP contribution in [0.5, 0.6) is 0 Å². The topological polar surface area (TPSA) is 24.5 Å². The van der Waals surface area contributed by atoms with E-state index in [0.29, 0.717) is 24.1 Å². The molecule has 0 spiro atoms. The smallest absolute Gasteiger partial charge is 0.0826 e. The van der Waals surface area contributed by atoms with E-state index in [2.05, 4.69) is 53.8 Å². The Bertz CT molecular complexity index is 214. The molecule has 0 amide bonds. The van der Waals surface area contributed by atoms with Crippen LogP contribution in [0.15, 0.2) is 0 Å². The zero-order valence-corrected chi connectivity index (χ0v) is 13.2. The number of hydrogen-bond donors (Lipinski definition) is 1. The lowest BCUT2D eigenvalue weighted by molar-refractivity contribution is -0.0383. The second kappa shape index (κ2) is 7.72. The lowest BCUT2D eigenvalue weighted by Crippen LogP contribution is -2.50. The quantitative estimate of drug-likeness (QED) is 0.761. The van der Waals surface area contributed by atoms with Crippen LogP contribution in [0, 0.1) is 5.92 Å². The van der Waals surface area contributed by atoms with Crippen LogP contribution in [-0.4, -0.2) is 54.7 Å². The summed E-state index contributed by atoms with van der Waals surface area (Å²) in [5.74, 6) is 0.653. The summed E-state index contributed by atoms with van der Waals surface area (Å²) in [6.45, 7) is 13.0. The van der Waals surface area contributed by atoms with Gasteiger partial charge < -0.3 is 10.1 Å². The first kappa shape index (κ1) is 15.4. The lowest BCUT2D eigenvalue weighted by atomic mass is 10.1. The van der Waals surface area contributed by atoms with Crippen LogP contribution in [0.3, 0.4) is 0 Å². The molecule has 0 aromatic rings. The van der Waals surface area contributed by atoms with Crippen LogP contribution in [0.4, 0.5) is 0 Å². The number of morpholine rings is 1. The van der Waals surface area contributed by atoms with Crippen LogP contribution in [0.25, 0.3) is 0 Å². The maximum Gasteiger partial charge on any atom is 0.0826 e. The molecular formula is C13H27BrN2O. The average molecular weight is 307 g/mol. The van der Waals surface area contributed by atoms with Crippen molar-refractivity contribution in [2.24, 2.45) is 5.92 Å². The highest BCUT2D eigenvalue weighted by Crippen LogP contribution is 2.10. The van der Waals surface area contributed by atoms with E-state index in [4.69, 9.17) is 4.74 Å². The number of hydrogen-bond acceptors (Lipinski definition) is 3. The number of halogens is 1. The molecule has 3 atom stereocenters. The van der Waals surface area contributed by atoms with Gasteiger partial charge in [0.2, 0.25) is 0 Å². The molecule has 1 aliphatic heterocycles. The minimum atomic E-state index is 0.344. The molecule has 1 fully saturated rings. The van der Waals surface area contributed by atoms with Gasteiger partial charge in [-0.3, -0.25) is 4.90 Å². The molecule has 0 bridgehead atoms. The summed E-state index contributed by atoms with van der Waals surface area (Å²) in [6.07, 6.45) is 0.344. The molecular weight excluding hydrogens is 280 g/mol. The van der Waals surface area contributed by atoms with Crippen molar-refractivity contribution in [3.05, 3.63) is 0 Å².